The van der Waals surface area contributed by atoms with Crippen molar-refractivity contribution >= 4 is 11.6 Å². The maximum Gasteiger partial charge on any atom is 0.255 e. The number of rotatable bonds is 2. The van der Waals surface area contributed by atoms with Crippen LogP contribution in [0.25, 0.3) is 0 Å². The van der Waals surface area contributed by atoms with Crippen LogP contribution in [0.4, 0.5) is 5.69 Å². The summed E-state index contributed by atoms with van der Waals surface area (Å²) < 4.78 is 0. The van der Waals surface area contributed by atoms with E-state index in [1.807, 2.05) is 56.3 Å². The highest BCUT2D eigenvalue weighted by Crippen LogP contribution is 2.14. The topological polar surface area (TPSA) is 55.1 Å². The molecule has 0 aliphatic heterocycles. The Morgan fingerprint density at radius 1 is 1.14 bits per heavy atom. The zero-order valence-electron chi connectivity index (χ0n) is 12.2. The fraction of sp³-hybridized carbons (Fsp3) is 0.167. The first-order valence-electron chi connectivity index (χ1n) is 6.78. The third-order valence-electron chi connectivity index (χ3n) is 3.12. The third kappa shape index (κ3) is 3.95. The van der Waals surface area contributed by atoms with Gasteiger partial charge in [0.05, 0.1) is 6.54 Å². The van der Waals surface area contributed by atoms with Gasteiger partial charge in [0.2, 0.25) is 0 Å². The molecule has 3 heteroatoms. The smallest absolute Gasteiger partial charge is 0.255 e. The molecule has 0 bridgehead atoms. The summed E-state index contributed by atoms with van der Waals surface area (Å²) in [6.07, 6.45) is 0. The van der Waals surface area contributed by atoms with Crippen LogP contribution in [0, 0.1) is 25.7 Å². The van der Waals surface area contributed by atoms with Crippen molar-refractivity contribution in [3.63, 3.8) is 0 Å². The van der Waals surface area contributed by atoms with Gasteiger partial charge in [-0.1, -0.05) is 29.5 Å². The van der Waals surface area contributed by atoms with E-state index in [-0.39, 0.29) is 5.91 Å². The SMILES string of the molecule is Cc1ccc(C)c(C(=O)Nc2ccc(C#CCN)cc2)c1. The standard InChI is InChI=1S/C18H18N2O/c1-13-5-6-14(2)17(12-13)18(21)20-16-9-7-15(8-10-16)4-3-11-19/h5-10,12H,11,19H2,1-2H3,(H,20,21). The molecule has 3 nitrogen and oxygen atoms in total. The van der Waals surface area contributed by atoms with Crippen molar-refractivity contribution in [3.05, 3.63) is 64.7 Å². The zero-order chi connectivity index (χ0) is 15.2. The van der Waals surface area contributed by atoms with E-state index in [0.717, 1.165) is 22.4 Å². The van der Waals surface area contributed by atoms with Crippen molar-refractivity contribution in [1.82, 2.24) is 0 Å². The number of hydrogen-bond donors (Lipinski definition) is 2. The Labute approximate surface area is 125 Å². The van der Waals surface area contributed by atoms with Gasteiger partial charge in [0.1, 0.15) is 0 Å². The lowest BCUT2D eigenvalue weighted by atomic mass is 10.0. The number of carbonyl (C=O) groups is 1. The molecule has 2 aromatic rings. The number of amides is 1. The molecular weight excluding hydrogens is 260 g/mol. The summed E-state index contributed by atoms with van der Waals surface area (Å²) in [4.78, 5) is 12.3. The highest BCUT2D eigenvalue weighted by atomic mass is 16.1. The first-order chi connectivity index (χ1) is 10.1. The number of carbonyl (C=O) groups excluding carboxylic acids is 1. The summed E-state index contributed by atoms with van der Waals surface area (Å²) in [5, 5.41) is 2.90. The van der Waals surface area contributed by atoms with Crippen molar-refractivity contribution in [2.45, 2.75) is 13.8 Å². The molecule has 0 radical (unpaired) electrons. The summed E-state index contributed by atoms with van der Waals surface area (Å²) in [5.41, 5.74) is 9.69. The minimum absolute atomic E-state index is 0.100. The normalized spacial score (nSPS) is 9.67. The number of nitrogens with one attached hydrogen (secondary N) is 1. The van der Waals surface area contributed by atoms with E-state index in [0.29, 0.717) is 12.1 Å². The highest BCUT2D eigenvalue weighted by molar-refractivity contribution is 6.05. The molecule has 0 fully saturated rings. The molecule has 3 N–H and O–H groups in total. The second kappa shape index (κ2) is 6.74. The molecule has 0 saturated heterocycles. The van der Waals surface area contributed by atoms with Gasteiger partial charge in [0.25, 0.3) is 5.91 Å². The van der Waals surface area contributed by atoms with Crippen LogP contribution >= 0.6 is 0 Å². The minimum atomic E-state index is -0.100. The van der Waals surface area contributed by atoms with E-state index in [1.165, 1.54) is 0 Å². The van der Waals surface area contributed by atoms with E-state index in [2.05, 4.69) is 17.2 Å². The molecule has 0 spiro atoms. The van der Waals surface area contributed by atoms with Crippen LogP contribution in [-0.4, -0.2) is 12.5 Å². The molecule has 21 heavy (non-hydrogen) atoms. The summed E-state index contributed by atoms with van der Waals surface area (Å²) in [5.74, 6) is 5.64. The summed E-state index contributed by atoms with van der Waals surface area (Å²) in [6, 6.07) is 13.2. The summed E-state index contributed by atoms with van der Waals surface area (Å²) in [6.45, 7) is 4.24. The molecule has 0 aromatic heterocycles. The van der Waals surface area contributed by atoms with Gasteiger partial charge in [-0.05, 0) is 49.7 Å². The predicted octanol–water partition coefficient (Wildman–Crippen LogP) is 2.87. The van der Waals surface area contributed by atoms with Crippen LogP contribution < -0.4 is 11.1 Å². The van der Waals surface area contributed by atoms with Crippen LogP contribution in [0.3, 0.4) is 0 Å². The van der Waals surface area contributed by atoms with Crippen molar-refractivity contribution < 1.29 is 4.79 Å². The minimum Gasteiger partial charge on any atom is -0.322 e. The molecule has 0 atom stereocenters. The number of aryl methyl sites for hydroxylation is 2. The van der Waals surface area contributed by atoms with Crippen LogP contribution in [0.2, 0.25) is 0 Å². The Bertz CT molecular complexity index is 706. The van der Waals surface area contributed by atoms with Crippen molar-refractivity contribution in [2.24, 2.45) is 5.73 Å². The Morgan fingerprint density at radius 3 is 2.52 bits per heavy atom. The molecule has 0 aliphatic carbocycles. The molecule has 0 saturated carbocycles. The molecule has 1 amide bonds. The van der Waals surface area contributed by atoms with E-state index in [1.54, 1.807) is 0 Å². The van der Waals surface area contributed by atoms with E-state index < -0.39 is 0 Å². The van der Waals surface area contributed by atoms with E-state index in [4.69, 9.17) is 5.73 Å². The van der Waals surface area contributed by atoms with E-state index >= 15 is 0 Å². The molecule has 106 valence electrons. The zero-order valence-corrected chi connectivity index (χ0v) is 12.2. The number of nitrogens with two attached hydrogens (primary N) is 1. The second-order valence-electron chi connectivity index (χ2n) is 4.86. The van der Waals surface area contributed by atoms with Gasteiger partial charge in [-0.25, -0.2) is 0 Å². The van der Waals surface area contributed by atoms with Gasteiger partial charge < -0.3 is 11.1 Å². The lowest BCUT2D eigenvalue weighted by Crippen LogP contribution is -2.13. The second-order valence-corrected chi connectivity index (χ2v) is 4.86. The average Bonchev–Trinajstić information content (AvgIpc) is 2.49. The third-order valence-corrected chi connectivity index (χ3v) is 3.12. The quantitative estimate of drug-likeness (QED) is 0.830. The maximum atomic E-state index is 12.3. The van der Waals surface area contributed by atoms with Crippen LogP contribution in [0.1, 0.15) is 27.0 Å². The monoisotopic (exact) mass is 278 g/mol. The molecular formula is C18H18N2O. The fourth-order valence-electron chi connectivity index (χ4n) is 1.97. The highest BCUT2D eigenvalue weighted by Gasteiger charge is 2.09. The molecule has 2 rings (SSSR count). The van der Waals surface area contributed by atoms with Crippen molar-refractivity contribution in [2.75, 3.05) is 11.9 Å². The van der Waals surface area contributed by atoms with Gasteiger partial charge in [0, 0.05) is 16.8 Å². The number of anilines is 1. The van der Waals surface area contributed by atoms with Gasteiger partial charge in [-0.2, -0.15) is 0 Å². The average molecular weight is 278 g/mol. The number of benzene rings is 2. The summed E-state index contributed by atoms with van der Waals surface area (Å²) in [7, 11) is 0. The van der Waals surface area contributed by atoms with Gasteiger partial charge in [-0.3, -0.25) is 4.79 Å². The van der Waals surface area contributed by atoms with Crippen LogP contribution in [-0.2, 0) is 0 Å². The Kier molecular flexibility index (Phi) is 4.76. The van der Waals surface area contributed by atoms with Crippen molar-refractivity contribution in [1.29, 1.82) is 0 Å². The Balaban J connectivity index is 2.14. The fourth-order valence-corrected chi connectivity index (χ4v) is 1.97. The maximum absolute atomic E-state index is 12.3. The lowest BCUT2D eigenvalue weighted by molar-refractivity contribution is 0.102. The Morgan fingerprint density at radius 2 is 1.86 bits per heavy atom. The first kappa shape index (κ1) is 14.8. The molecule has 2 aromatic carbocycles. The predicted molar refractivity (Wildman–Crippen MR) is 86.2 cm³/mol. The Hall–Kier alpha value is -2.57. The van der Waals surface area contributed by atoms with Gasteiger partial charge >= 0.3 is 0 Å². The van der Waals surface area contributed by atoms with Crippen molar-refractivity contribution in [3.8, 4) is 11.8 Å². The molecule has 0 unspecified atom stereocenters. The van der Waals surface area contributed by atoms with E-state index in [9.17, 15) is 4.79 Å². The van der Waals surface area contributed by atoms with Crippen LogP contribution in [0.5, 0.6) is 0 Å². The molecule has 0 aliphatic rings. The lowest BCUT2D eigenvalue weighted by Gasteiger charge is -2.08. The molecule has 0 heterocycles. The number of hydrogen-bond acceptors (Lipinski definition) is 2. The largest absolute Gasteiger partial charge is 0.322 e. The first-order valence-corrected chi connectivity index (χ1v) is 6.78. The summed E-state index contributed by atoms with van der Waals surface area (Å²) >= 11 is 0. The van der Waals surface area contributed by atoms with Gasteiger partial charge in [-0.15, -0.1) is 0 Å². The van der Waals surface area contributed by atoms with Crippen LogP contribution in [0.15, 0.2) is 42.5 Å². The van der Waals surface area contributed by atoms with Gasteiger partial charge in [0.15, 0.2) is 0 Å².